The molecule has 0 radical (unpaired) electrons. The van der Waals surface area contributed by atoms with Crippen LogP contribution >= 0.6 is 15.9 Å². The molecule has 1 heterocycles. The van der Waals surface area contributed by atoms with E-state index in [0.717, 1.165) is 26.1 Å². The molecular weight excluding hydrogens is 316 g/mol. The Morgan fingerprint density at radius 1 is 1.37 bits per heavy atom. The lowest BCUT2D eigenvalue weighted by molar-refractivity contribution is 0.0545. The van der Waals surface area contributed by atoms with Crippen LogP contribution in [0.1, 0.15) is 18.4 Å². The van der Waals surface area contributed by atoms with Crippen molar-refractivity contribution in [3.63, 3.8) is 0 Å². The second-order valence-corrected chi connectivity index (χ2v) is 5.73. The molecule has 0 spiro atoms. The fraction of sp³-hybridized carbons (Fsp3) is 0.571. The maximum atomic E-state index is 14.0. The summed E-state index contributed by atoms with van der Waals surface area (Å²) in [7, 11) is 1.84. The van der Waals surface area contributed by atoms with E-state index in [4.69, 9.17) is 4.74 Å². The van der Waals surface area contributed by atoms with E-state index in [0.29, 0.717) is 16.8 Å². The van der Waals surface area contributed by atoms with Crippen LogP contribution in [0.3, 0.4) is 0 Å². The molecule has 1 atom stereocenters. The fourth-order valence-electron chi connectivity index (χ4n) is 2.60. The fourth-order valence-corrected chi connectivity index (χ4v) is 2.97. The van der Waals surface area contributed by atoms with Gasteiger partial charge in [0.2, 0.25) is 0 Å². The smallest absolute Gasteiger partial charge is 0.143 e. The second-order valence-electron chi connectivity index (χ2n) is 4.87. The highest BCUT2D eigenvalue weighted by molar-refractivity contribution is 9.10. The molecule has 1 aliphatic rings. The van der Waals surface area contributed by atoms with Gasteiger partial charge < -0.3 is 10.1 Å². The summed E-state index contributed by atoms with van der Waals surface area (Å²) in [5.41, 5.74) is 0.153. The van der Waals surface area contributed by atoms with Crippen molar-refractivity contribution in [2.24, 2.45) is 5.92 Å². The highest BCUT2D eigenvalue weighted by Crippen LogP contribution is 2.26. The molecule has 2 rings (SSSR count). The van der Waals surface area contributed by atoms with E-state index in [1.54, 1.807) is 0 Å². The lowest BCUT2D eigenvalue weighted by atomic mass is 9.87. The highest BCUT2D eigenvalue weighted by Gasteiger charge is 2.25. The van der Waals surface area contributed by atoms with Gasteiger partial charge in [-0.1, -0.05) is 0 Å². The minimum Gasteiger partial charge on any atom is -0.381 e. The zero-order valence-corrected chi connectivity index (χ0v) is 12.5. The number of hydrogen-bond acceptors (Lipinski definition) is 2. The van der Waals surface area contributed by atoms with Crippen LogP contribution < -0.4 is 5.32 Å². The molecule has 19 heavy (non-hydrogen) atoms. The van der Waals surface area contributed by atoms with Crippen LogP contribution in [0.5, 0.6) is 0 Å². The van der Waals surface area contributed by atoms with E-state index in [1.807, 2.05) is 7.05 Å². The molecule has 2 nitrogen and oxygen atoms in total. The van der Waals surface area contributed by atoms with Crippen LogP contribution in [-0.4, -0.2) is 26.3 Å². The molecule has 1 aliphatic heterocycles. The van der Waals surface area contributed by atoms with Crippen molar-refractivity contribution in [2.45, 2.75) is 25.3 Å². The minimum atomic E-state index is -0.493. The van der Waals surface area contributed by atoms with E-state index in [-0.39, 0.29) is 11.6 Å². The Hall–Kier alpha value is -0.520. The third-order valence-corrected chi connectivity index (χ3v) is 4.38. The first-order chi connectivity index (χ1) is 9.13. The lowest BCUT2D eigenvalue weighted by Crippen LogP contribution is -2.39. The van der Waals surface area contributed by atoms with Gasteiger partial charge in [0.05, 0.1) is 4.47 Å². The maximum Gasteiger partial charge on any atom is 0.143 e. The van der Waals surface area contributed by atoms with Crippen molar-refractivity contribution in [1.82, 2.24) is 5.32 Å². The molecular formula is C14H18BrF2NO. The van der Waals surface area contributed by atoms with Crippen molar-refractivity contribution in [2.75, 3.05) is 20.3 Å². The number of likely N-dealkylation sites (N-methyl/N-ethyl adjacent to an activating group) is 1. The van der Waals surface area contributed by atoms with Gasteiger partial charge in [-0.2, -0.15) is 0 Å². The number of rotatable bonds is 4. The Balaban J connectivity index is 2.15. The maximum absolute atomic E-state index is 14.0. The largest absolute Gasteiger partial charge is 0.381 e. The Kier molecular flexibility index (Phi) is 5.30. The first kappa shape index (κ1) is 14.9. The summed E-state index contributed by atoms with van der Waals surface area (Å²) < 4.78 is 33.4. The molecule has 5 heteroatoms. The van der Waals surface area contributed by atoms with Crippen molar-refractivity contribution in [3.05, 3.63) is 33.8 Å². The summed E-state index contributed by atoms with van der Waals surface area (Å²) in [5.74, 6) is -0.572. The van der Waals surface area contributed by atoms with Gasteiger partial charge in [-0.25, -0.2) is 8.78 Å². The predicted molar refractivity (Wildman–Crippen MR) is 74.2 cm³/mol. The van der Waals surface area contributed by atoms with Crippen LogP contribution in [0, 0.1) is 17.6 Å². The molecule has 0 amide bonds. The molecule has 0 saturated carbocycles. The normalized spacial score (nSPS) is 18.5. The second kappa shape index (κ2) is 6.77. The van der Waals surface area contributed by atoms with E-state index >= 15 is 0 Å². The van der Waals surface area contributed by atoms with Crippen LogP contribution in [0.25, 0.3) is 0 Å². The summed E-state index contributed by atoms with van der Waals surface area (Å²) in [5, 5.41) is 3.19. The van der Waals surface area contributed by atoms with Crippen LogP contribution in [0.15, 0.2) is 16.6 Å². The first-order valence-electron chi connectivity index (χ1n) is 6.51. The molecule has 1 fully saturated rings. The summed E-state index contributed by atoms with van der Waals surface area (Å²) in [6.45, 7) is 1.46. The third kappa shape index (κ3) is 3.52. The molecule has 1 saturated heterocycles. The Bertz CT molecular complexity index is 436. The van der Waals surface area contributed by atoms with Crippen LogP contribution in [-0.2, 0) is 11.2 Å². The van der Waals surface area contributed by atoms with E-state index < -0.39 is 11.6 Å². The lowest BCUT2D eigenvalue weighted by Gasteiger charge is -2.30. The highest BCUT2D eigenvalue weighted by atomic mass is 79.9. The van der Waals surface area contributed by atoms with Gasteiger partial charge >= 0.3 is 0 Å². The number of benzene rings is 1. The number of hydrogen-bond donors (Lipinski definition) is 1. The average molecular weight is 334 g/mol. The van der Waals surface area contributed by atoms with Gasteiger partial charge in [0.1, 0.15) is 11.6 Å². The average Bonchev–Trinajstić information content (AvgIpc) is 2.44. The Morgan fingerprint density at radius 2 is 2.05 bits per heavy atom. The third-order valence-electron chi connectivity index (χ3n) is 3.77. The molecule has 1 unspecified atom stereocenters. The Morgan fingerprint density at radius 3 is 2.68 bits per heavy atom. The molecule has 0 bridgehead atoms. The van der Waals surface area contributed by atoms with E-state index in [9.17, 15) is 8.78 Å². The van der Waals surface area contributed by atoms with Crippen molar-refractivity contribution >= 4 is 15.9 Å². The van der Waals surface area contributed by atoms with Crippen LogP contribution in [0.2, 0.25) is 0 Å². The number of halogens is 3. The summed E-state index contributed by atoms with van der Waals surface area (Å²) in [6.07, 6.45) is 2.23. The van der Waals surface area contributed by atoms with Gasteiger partial charge in [-0.15, -0.1) is 0 Å². The van der Waals surface area contributed by atoms with Crippen LogP contribution in [0.4, 0.5) is 8.78 Å². The summed E-state index contributed by atoms with van der Waals surface area (Å²) >= 11 is 3.11. The number of nitrogens with one attached hydrogen (secondary N) is 1. The van der Waals surface area contributed by atoms with Gasteiger partial charge in [-0.3, -0.25) is 0 Å². The SMILES string of the molecule is CNC(Cc1c(F)ccc(Br)c1F)C1CCOCC1. The van der Waals surface area contributed by atoms with Crippen molar-refractivity contribution in [1.29, 1.82) is 0 Å². The zero-order valence-electron chi connectivity index (χ0n) is 10.9. The summed E-state index contributed by atoms with van der Waals surface area (Å²) in [4.78, 5) is 0. The first-order valence-corrected chi connectivity index (χ1v) is 7.30. The zero-order chi connectivity index (χ0) is 13.8. The minimum absolute atomic E-state index is 0.0715. The molecule has 1 aromatic rings. The Labute approximate surface area is 120 Å². The van der Waals surface area contributed by atoms with E-state index in [1.165, 1.54) is 12.1 Å². The van der Waals surface area contributed by atoms with Gasteiger partial charge in [0.15, 0.2) is 0 Å². The molecule has 0 aromatic heterocycles. The molecule has 1 aromatic carbocycles. The monoisotopic (exact) mass is 333 g/mol. The quantitative estimate of drug-likeness (QED) is 0.854. The van der Waals surface area contributed by atoms with E-state index in [2.05, 4.69) is 21.2 Å². The topological polar surface area (TPSA) is 21.3 Å². The molecule has 106 valence electrons. The predicted octanol–water partition coefficient (Wildman–Crippen LogP) is 3.28. The van der Waals surface area contributed by atoms with Gasteiger partial charge in [0, 0.05) is 24.8 Å². The molecule has 0 aliphatic carbocycles. The van der Waals surface area contributed by atoms with Crippen molar-refractivity contribution in [3.8, 4) is 0 Å². The van der Waals surface area contributed by atoms with Gasteiger partial charge in [-0.05, 0) is 60.3 Å². The summed E-state index contributed by atoms with van der Waals surface area (Å²) in [6, 6.07) is 2.78. The molecule has 1 N–H and O–H groups in total. The number of ether oxygens (including phenoxy) is 1. The standard InChI is InChI=1S/C14H18BrF2NO/c1-18-13(9-4-6-19-7-5-9)8-10-12(16)3-2-11(15)14(10)17/h2-3,9,13,18H,4-8H2,1H3. The van der Waals surface area contributed by atoms with Crippen molar-refractivity contribution < 1.29 is 13.5 Å². The van der Waals surface area contributed by atoms with Gasteiger partial charge in [0.25, 0.3) is 0 Å².